The van der Waals surface area contributed by atoms with Crippen LogP contribution in [0.3, 0.4) is 0 Å². The Morgan fingerprint density at radius 2 is 1.93 bits per heavy atom. The maximum absolute atomic E-state index is 12.8. The normalized spacial score (nSPS) is 11.0. The molecule has 0 aliphatic carbocycles. The molecule has 2 aromatic heterocycles. The van der Waals surface area contributed by atoms with Crippen LogP contribution >= 0.6 is 23.1 Å². The third-order valence-electron chi connectivity index (χ3n) is 3.90. The summed E-state index contributed by atoms with van der Waals surface area (Å²) in [5.41, 5.74) is 1.76. The molecule has 0 N–H and O–H groups in total. The zero-order valence-electron chi connectivity index (χ0n) is 14.5. The SMILES string of the molecule is CCN(C(=O)CSc1nnnn1-c1ccccc1)c1nc2ccccc2s1. The first kappa shape index (κ1) is 17.6. The van der Waals surface area contributed by atoms with Crippen LogP contribution in [-0.2, 0) is 4.79 Å². The van der Waals surface area contributed by atoms with Gasteiger partial charge in [0.15, 0.2) is 5.13 Å². The first-order chi connectivity index (χ1) is 13.3. The average Bonchev–Trinajstić information content (AvgIpc) is 3.34. The van der Waals surface area contributed by atoms with Crippen molar-refractivity contribution >= 4 is 44.4 Å². The van der Waals surface area contributed by atoms with Crippen LogP contribution in [0.25, 0.3) is 15.9 Å². The van der Waals surface area contributed by atoms with Gasteiger partial charge in [0.25, 0.3) is 0 Å². The highest BCUT2D eigenvalue weighted by Crippen LogP contribution is 2.29. The van der Waals surface area contributed by atoms with Crippen LogP contribution in [0.15, 0.2) is 59.8 Å². The van der Waals surface area contributed by atoms with Crippen LogP contribution in [0, 0.1) is 0 Å². The van der Waals surface area contributed by atoms with Gasteiger partial charge in [0.2, 0.25) is 11.1 Å². The lowest BCUT2D eigenvalue weighted by Gasteiger charge is -2.17. The molecule has 0 radical (unpaired) electrons. The second kappa shape index (κ2) is 7.85. The molecule has 0 unspecified atom stereocenters. The zero-order valence-corrected chi connectivity index (χ0v) is 16.2. The number of carbonyl (C=O) groups is 1. The third-order valence-corrected chi connectivity index (χ3v) is 5.86. The molecule has 0 atom stereocenters. The van der Waals surface area contributed by atoms with Gasteiger partial charge < -0.3 is 0 Å². The van der Waals surface area contributed by atoms with E-state index in [0.717, 1.165) is 15.9 Å². The van der Waals surface area contributed by atoms with Crippen molar-refractivity contribution in [1.82, 2.24) is 25.2 Å². The molecule has 2 heterocycles. The van der Waals surface area contributed by atoms with Crippen molar-refractivity contribution in [2.24, 2.45) is 0 Å². The van der Waals surface area contributed by atoms with Gasteiger partial charge in [-0.15, -0.1) is 5.10 Å². The Morgan fingerprint density at radius 3 is 2.70 bits per heavy atom. The van der Waals surface area contributed by atoms with Crippen LogP contribution in [-0.4, -0.2) is 43.4 Å². The molecule has 2 aromatic carbocycles. The zero-order chi connectivity index (χ0) is 18.6. The minimum atomic E-state index is -0.0239. The number of rotatable bonds is 6. The standard InChI is InChI=1S/C18H16N6OS2/c1-2-23(17-19-14-10-6-7-11-15(14)27-17)16(25)12-26-18-20-21-22-24(18)13-8-4-3-5-9-13/h3-11H,2,12H2,1H3. The Balaban J connectivity index is 1.50. The Labute approximate surface area is 164 Å². The fraction of sp³-hybridized carbons (Fsp3) is 0.167. The number of benzene rings is 2. The Kier molecular flexibility index (Phi) is 5.12. The Morgan fingerprint density at radius 1 is 1.15 bits per heavy atom. The van der Waals surface area contributed by atoms with E-state index in [1.165, 1.54) is 23.1 Å². The van der Waals surface area contributed by atoms with Gasteiger partial charge in [0.05, 0.1) is 21.7 Å². The highest BCUT2D eigenvalue weighted by Gasteiger charge is 2.19. The molecule has 136 valence electrons. The van der Waals surface area contributed by atoms with Crippen LogP contribution in [0.2, 0.25) is 0 Å². The first-order valence-electron chi connectivity index (χ1n) is 8.39. The molecule has 0 aliphatic rings. The van der Waals surface area contributed by atoms with Gasteiger partial charge in [-0.25, -0.2) is 4.98 Å². The second-order valence-electron chi connectivity index (χ2n) is 5.60. The fourth-order valence-electron chi connectivity index (χ4n) is 2.60. The molecule has 0 bridgehead atoms. The van der Waals surface area contributed by atoms with Crippen molar-refractivity contribution < 1.29 is 4.79 Å². The van der Waals surface area contributed by atoms with Gasteiger partial charge in [-0.2, -0.15) is 4.68 Å². The number of thioether (sulfide) groups is 1. The molecule has 0 spiro atoms. The van der Waals surface area contributed by atoms with Crippen molar-refractivity contribution in [3.8, 4) is 5.69 Å². The number of tetrazole rings is 1. The smallest absolute Gasteiger partial charge is 0.239 e. The lowest BCUT2D eigenvalue weighted by molar-refractivity contribution is -0.116. The number of anilines is 1. The van der Waals surface area contributed by atoms with Gasteiger partial charge in [-0.3, -0.25) is 9.69 Å². The van der Waals surface area contributed by atoms with E-state index in [-0.39, 0.29) is 11.7 Å². The predicted octanol–water partition coefficient (Wildman–Crippen LogP) is 3.42. The molecule has 27 heavy (non-hydrogen) atoms. The maximum Gasteiger partial charge on any atom is 0.239 e. The average molecular weight is 397 g/mol. The highest BCUT2D eigenvalue weighted by atomic mass is 32.2. The molecule has 7 nitrogen and oxygen atoms in total. The van der Waals surface area contributed by atoms with E-state index in [1.807, 2.05) is 61.5 Å². The van der Waals surface area contributed by atoms with Crippen LogP contribution in [0.1, 0.15) is 6.92 Å². The van der Waals surface area contributed by atoms with Crippen molar-refractivity contribution in [3.63, 3.8) is 0 Å². The summed E-state index contributed by atoms with van der Waals surface area (Å²) in [6.45, 7) is 2.51. The van der Waals surface area contributed by atoms with Crippen molar-refractivity contribution in [2.45, 2.75) is 12.1 Å². The van der Waals surface area contributed by atoms with E-state index >= 15 is 0 Å². The molecule has 4 rings (SSSR count). The first-order valence-corrected chi connectivity index (χ1v) is 10.2. The summed E-state index contributed by atoms with van der Waals surface area (Å²) in [6, 6.07) is 17.5. The molecule has 0 saturated carbocycles. The van der Waals surface area contributed by atoms with E-state index in [1.54, 1.807) is 9.58 Å². The summed E-state index contributed by atoms with van der Waals surface area (Å²) in [5, 5.41) is 13.1. The van der Waals surface area contributed by atoms with Crippen molar-refractivity contribution in [1.29, 1.82) is 0 Å². The minimum absolute atomic E-state index is 0.0239. The predicted molar refractivity (Wildman–Crippen MR) is 108 cm³/mol. The van der Waals surface area contributed by atoms with E-state index in [2.05, 4.69) is 20.5 Å². The summed E-state index contributed by atoms with van der Waals surface area (Å²) in [4.78, 5) is 19.1. The van der Waals surface area contributed by atoms with Crippen molar-refractivity contribution in [2.75, 3.05) is 17.2 Å². The molecule has 4 aromatic rings. The van der Waals surface area contributed by atoms with Gasteiger partial charge in [0.1, 0.15) is 0 Å². The number of hydrogen-bond acceptors (Lipinski definition) is 7. The lowest BCUT2D eigenvalue weighted by atomic mass is 10.3. The van der Waals surface area contributed by atoms with E-state index in [0.29, 0.717) is 16.8 Å². The molecule has 0 aliphatic heterocycles. The summed E-state index contributed by atoms with van der Waals surface area (Å²) < 4.78 is 2.70. The number of nitrogens with zero attached hydrogens (tertiary/aromatic N) is 6. The number of amides is 1. The van der Waals surface area contributed by atoms with E-state index < -0.39 is 0 Å². The molecule has 0 fully saturated rings. The van der Waals surface area contributed by atoms with Gasteiger partial charge in [-0.1, -0.05) is 53.4 Å². The van der Waals surface area contributed by atoms with Crippen LogP contribution in [0.4, 0.5) is 5.13 Å². The quantitative estimate of drug-likeness (QED) is 0.465. The molecule has 1 amide bonds. The fourth-order valence-corrected chi connectivity index (χ4v) is 4.41. The number of carbonyl (C=O) groups excluding carboxylic acids is 1. The largest absolute Gasteiger partial charge is 0.288 e. The van der Waals surface area contributed by atoms with E-state index in [4.69, 9.17) is 0 Å². The number of hydrogen-bond donors (Lipinski definition) is 0. The molecular weight excluding hydrogens is 380 g/mol. The molecule has 9 heteroatoms. The highest BCUT2D eigenvalue weighted by molar-refractivity contribution is 7.99. The number of thiazole rings is 1. The summed E-state index contributed by atoms with van der Waals surface area (Å²) in [7, 11) is 0. The van der Waals surface area contributed by atoms with Gasteiger partial charge in [0, 0.05) is 6.54 Å². The lowest BCUT2D eigenvalue weighted by Crippen LogP contribution is -2.32. The molecular formula is C18H16N6OS2. The Hall–Kier alpha value is -2.78. The Bertz CT molecular complexity index is 1030. The number of para-hydroxylation sites is 2. The maximum atomic E-state index is 12.8. The second-order valence-corrected chi connectivity index (χ2v) is 7.55. The third kappa shape index (κ3) is 3.69. The summed E-state index contributed by atoms with van der Waals surface area (Å²) in [6.07, 6.45) is 0. The van der Waals surface area contributed by atoms with Crippen LogP contribution < -0.4 is 4.90 Å². The number of fused-ring (bicyclic) bond motifs is 1. The number of aromatic nitrogens is 5. The van der Waals surface area contributed by atoms with Gasteiger partial charge in [-0.05, 0) is 41.6 Å². The van der Waals surface area contributed by atoms with E-state index in [9.17, 15) is 4.79 Å². The summed E-state index contributed by atoms with van der Waals surface area (Å²) >= 11 is 2.84. The minimum Gasteiger partial charge on any atom is -0.288 e. The monoisotopic (exact) mass is 396 g/mol. The molecule has 0 saturated heterocycles. The van der Waals surface area contributed by atoms with Crippen LogP contribution in [0.5, 0.6) is 0 Å². The van der Waals surface area contributed by atoms with Crippen molar-refractivity contribution in [3.05, 3.63) is 54.6 Å². The topological polar surface area (TPSA) is 76.8 Å². The van der Waals surface area contributed by atoms with Gasteiger partial charge >= 0.3 is 0 Å². The summed E-state index contributed by atoms with van der Waals surface area (Å²) in [5.74, 6) is 0.209.